The molecule has 0 aliphatic heterocycles. The van der Waals surface area contributed by atoms with Gasteiger partial charge in [0.25, 0.3) is 0 Å². The first kappa shape index (κ1) is 11.4. The summed E-state index contributed by atoms with van der Waals surface area (Å²) in [5, 5.41) is 14.6. The van der Waals surface area contributed by atoms with Gasteiger partial charge in [-0.05, 0) is 5.57 Å². The number of hydrogen-bond acceptors (Lipinski definition) is 4. The Hall–Kier alpha value is -1.71. The molecule has 15 heavy (non-hydrogen) atoms. The number of hydrazone groups is 1. The summed E-state index contributed by atoms with van der Waals surface area (Å²) in [6.45, 7) is 5.38. The van der Waals surface area contributed by atoms with Crippen LogP contribution in [0.4, 0.5) is 0 Å². The Morgan fingerprint density at radius 1 is 1.40 bits per heavy atom. The van der Waals surface area contributed by atoms with Crippen LogP contribution in [0.15, 0.2) is 41.2 Å². The largest absolute Gasteiger partial charge is 0.593 e. The minimum atomic E-state index is -0.620. The van der Waals surface area contributed by atoms with Crippen LogP contribution >= 0.6 is 0 Å². The highest BCUT2D eigenvalue weighted by Crippen LogP contribution is 2.06. The van der Waals surface area contributed by atoms with Crippen molar-refractivity contribution in [3.05, 3.63) is 36.1 Å². The van der Waals surface area contributed by atoms with Crippen LogP contribution in [0.25, 0.3) is 0 Å². The molecule has 0 aromatic rings. The van der Waals surface area contributed by atoms with Crippen LogP contribution in [0, 0.1) is 0 Å². The SMILES string of the molecule is CC(C)(C)OC([O-])=NNC=C1C=CC=C1. The molecule has 0 spiro atoms. The van der Waals surface area contributed by atoms with Crippen LogP contribution in [0.5, 0.6) is 0 Å². The summed E-state index contributed by atoms with van der Waals surface area (Å²) in [6.07, 6.45) is 8.62. The standard InChI is InChI=1S/C11H16N2O2/c1-11(2,3)15-10(14)13-12-8-9-6-4-5-7-9/h4-8,12H,1-3H3,(H,13,14)/p-1. The van der Waals surface area contributed by atoms with Gasteiger partial charge < -0.3 is 9.84 Å². The molecule has 1 aliphatic rings. The van der Waals surface area contributed by atoms with E-state index < -0.39 is 11.7 Å². The zero-order valence-corrected chi connectivity index (χ0v) is 9.15. The molecule has 0 aromatic carbocycles. The molecule has 4 heteroatoms. The van der Waals surface area contributed by atoms with Crippen molar-refractivity contribution in [2.75, 3.05) is 0 Å². The fourth-order valence-electron chi connectivity index (χ4n) is 0.929. The van der Waals surface area contributed by atoms with Gasteiger partial charge >= 0.3 is 0 Å². The van der Waals surface area contributed by atoms with E-state index in [1.54, 1.807) is 27.0 Å². The zero-order valence-electron chi connectivity index (χ0n) is 9.15. The number of rotatable bonds is 2. The Labute approximate surface area is 89.6 Å². The van der Waals surface area contributed by atoms with E-state index >= 15 is 0 Å². The molecule has 0 amide bonds. The molecule has 82 valence electrons. The Kier molecular flexibility index (Phi) is 3.55. The summed E-state index contributed by atoms with van der Waals surface area (Å²) in [4.78, 5) is 0. The van der Waals surface area contributed by atoms with Crippen LogP contribution in [-0.4, -0.2) is 11.7 Å². The summed E-state index contributed by atoms with van der Waals surface area (Å²) < 4.78 is 4.97. The van der Waals surface area contributed by atoms with Gasteiger partial charge in [-0.15, -0.1) is 0 Å². The minimum absolute atomic E-state index is 0.511. The number of nitrogens with one attached hydrogen (secondary N) is 1. The highest BCUT2D eigenvalue weighted by molar-refractivity contribution is 5.61. The van der Waals surface area contributed by atoms with Crippen molar-refractivity contribution in [2.45, 2.75) is 26.4 Å². The van der Waals surface area contributed by atoms with Crippen LogP contribution < -0.4 is 10.5 Å². The minimum Gasteiger partial charge on any atom is -0.593 e. The fourth-order valence-corrected chi connectivity index (χ4v) is 0.929. The van der Waals surface area contributed by atoms with Gasteiger partial charge in [0, 0.05) is 11.8 Å². The van der Waals surface area contributed by atoms with Crippen LogP contribution in [-0.2, 0) is 4.74 Å². The molecule has 1 aliphatic carbocycles. The maximum absolute atomic E-state index is 11.1. The molecule has 1 rings (SSSR count). The van der Waals surface area contributed by atoms with E-state index in [0.29, 0.717) is 0 Å². The molecular weight excluding hydrogens is 192 g/mol. The summed E-state index contributed by atoms with van der Waals surface area (Å²) in [5.41, 5.74) is 2.98. The van der Waals surface area contributed by atoms with Gasteiger partial charge in [0.05, 0.1) is 0 Å². The molecule has 0 saturated heterocycles. The molecule has 1 N–H and O–H groups in total. The maximum Gasteiger partial charge on any atom is 0.172 e. The number of hydrogen-bond donors (Lipinski definition) is 1. The van der Waals surface area contributed by atoms with E-state index in [1.165, 1.54) is 0 Å². The lowest BCUT2D eigenvalue weighted by Gasteiger charge is -2.29. The Balaban J connectivity index is 2.41. The van der Waals surface area contributed by atoms with Gasteiger partial charge in [-0.3, -0.25) is 5.43 Å². The van der Waals surface area contributed by atoms with Crippen molar-refractivity contribution in [1.82, 2.24) is 5.43 Å². The summed E-state index contributed by atoms with van der Waals surface area (Å²) in [6, 6.07) is 0. The fraction of sp³-hybridized carbons (Fsp3) is 0.364. The third kappa shape index (κ3) is 4.90. The van der Waals surface area contributed by atoms with Crippen LogP contribution in [0.1, 0.15) is 20.8 Å². The van der Waals surface area contributed by atoms with E-state index in [-0.39, 0.29) is 0 Å². The molecule has 0 saturated carbocycles. The van der Waals surface area contributed by atoms with Gasteiger partial charge in [-0.25, -0.2) is 0 Å². The van der Waals surface area contributed by atoms with Gasteiger partial charge in [0.1, 0.15) is 0 Å². The first-order chi connectivity index (χ1) is 6.97. The summed E-state index contributed by atoms with van der Waals surface area (Å²) in [5.74, 6) is 0. The van der Waals surface area contributed by atoms with E-state index in [9.17, 15) is 5.11 Å². The molecule has 0 heterocycles. The third-order valence-corrected chi connectivity index (χ3v) is 1.47. The highest BCUT2D eigenvalue weighted by Gasteiger charge is 2.03. The van der Waals surface area contributed by atoms with Crippen molar-refractivity contribution < 1.29 is 9.84 Å². The molecule has 0 aromatic heterocycles. The quantitative estimate of drug-likeness (QED) is 0.418. The second-order valence-corrected chi connectivity index (χ2v) is 4.08. The second kappa shape index (κ2) is 4.68. The number of nitrogens with zero attached hydrogens (tertiary/aromatic N) is 1. The Bertz CT molecular complexity index is 319. The molecule has 0 bridgehead atoms. The topological polar surface area (TPSA) is 56.7 Å². The predicted octanol–water partition coefficient (Wildman–Crippen LogP) is 1.03. The summed E-state index contributed by atoms with van der Waals surface area (Å²) in [7, 11) is 0. The van der Waals surface area contributed by atoms with E-state index in [1.807, 2.05) is 24.3 Å². The molecule has 0 radical (unpaired) electrons. The van der Waals surface area contributed by atoms with Gasteiger partial charge in [0.15, 0.2) is 6.08 Å². The van der Waals surface area contributed by atoms with Crippen LogP contribution in [0.2, 0.25) is 0 Å². The smallest absolute Gasteiger partial charge is 0.172 e. The van der Waals surface area contributed by atoms with Gasteiger partial charge in [-0.2, -0.15) is 5.10 Å². The third-order valence-electron chi connectivity index (χ3n) is 1.47. The van der Waals surface area contributed by atoms with Crippen molar-refractivity contribution >= 4 is 6.08 Å². The monoisotopic (exact) mass is 207 g/mol. The highest BCUT2D eigenvalue weighted by atomic mass is 16.6. The van der Waals surface area contributed by atoms with E-state index in [4.69, 9.17) is 4.74 Å². The average molecular weight is 207 g/mol. The lowest BCUT2D eigenvalue weighted by atomic mass is 10.2. The van der Waals surface area contributed by atoms with Crippen molar-refractivity contribution in [1.29, 1.82) is 0 Å². The number of allylic oxidation sites excluding steroid dienone is 5. The number of ether oxygens (including phenoxy) is 1. The maximum atomic E-state index is 11.1. The Morgan fingerprint density at radius 2 is 2.00 bits per heavy atom. The lowest BCUT2D eigenvalue weighted by Crippen LogP contribution is -2.33. The molecule has 0 atom stereocenters. The van der Waals surface area contributed by atoms with Crippen molar-refractivity contribution in [3.63, 3.8) is 0 Å². The molecule has 4 nitrogen and oxygen atoms in total. The molecule has 0 fully saturated rings. The normalized spacial score (nSPS) is 15.7. The van der Waals surface area contributed by atoms with E-state index in [2.05, 4.69) is 10.5 Å². The van der Waals surface area contributed by atoms with Gasteiger partial charge in [-0.1, -0.05) is 45.1 Å². The Morgan fingerprint density at radius 3 is 2.53 bits per heavy atom. The van der Waals surface area contributed by atoms with Crippen molar-refractivity contribution in [3.8, 4) is 0 Å². The van der Waals surface area contributed by atoms with Crippen LogP contribution in [0.3, 0.4) is 0 Å². The predicted molar refractivity (Wildman–Crippen MR) is 57.8 cm³/mol. The summed E-state index contributed by atoms with van der Waals surface area (Å²) >= 11 is 0. The zero-order chi connectivity index (χ0) is 11.3. The first-order valence-corrected chi connectivity index (χ1v) is 4.71. The van der Waals surface area contributed by atoms with Gasteiger partial charge in [0.2, 0.25) is 0 Å². The second-order valence-electron chi connectivity index (χ2n) is 4.08. The van der Waals surface area contributed by atoms with Crippen molar-refractivity contribution in [2.24, 2.45) is 5.10 Å². The molecular formula is C11H15N2O2-. The molecule has 0 unspecified atom stereocenters. The average Bonchev–Trinajstić information content (AvgIpc) is 2.53. The van der Waals surface area contributed by atoms with E-state index in [0.717, 1.165) is 5.57 Å². The lowest BCUT2D eigenvalue weighted by molar-refractivity contribution is -0.261. The first-order valence-electron chi connectivity index (χ1n) is 4.71.